The van der Waals surface area contributed by atoms with Crippen LogP contribution >= 0.6 is 0 Å². The molecule has 0 radical (unpaired) electrons. The minimum Gasteiger partial charge on any atom is -0.326 e. The van der Waals surface area contributed by atoms with E-state index < -0.39 is 0 Å². The summed E-state index contributed by atoms with van der Waals surface area (Å²) in [5, 5.41) is 15.3. The van der Waals surface area contributed by atoms with Crippen LogP contribution in [0.15, 0.2) is 71.9 Å². The molecule has 26 heavy (non-hydrogen) atoms. The predicted octanol–water partition coefficient (Wildman–Crippen LogP) is 3.09. The van der Waals surface area contributed by atoms with Gasteiger partial charge in [-0.05, 0) is 33.9 Å². The van der Waals surface area contributed by atoms with Crippen molar-refractivity contribution in [2.75, 3.05) is 5.32 Å². The van der Waals surface area contributed by atoms with Crippen molar-refractivity contribution >= 4 is 11.7 Å². The summed E-state index contributed by atoms with van der Waals surface area (Å²) >= 11 is 0. The molecule has 0 saturated heterocycles. The topological polar surface area (TPSA) is 72.7 Å². The fourth-order valence-corrected chi connectivity index (χ4v) is 3.98. The molecule has 2 aromatic carbocycles. The number of nitrogens with zero attached hydrogens (tertiary/aromatic N) is 4. The van der Waals surface area contributed by atoms with Gasteiger partial charge in [0.15, 0.2) is 5.78 Å². The van der Waals surface area contributed by atoms with Crippen LogP contribution in [0, 0.1) is 0 Å². The van der Waals surface area contributed by atoms with E-state index in [-0.39, 0.29) is 17.7 Å². The zero-order valence-electron chi connectivity index (χ0n) is 14.0. The molecule has 0 unspecified atom stereocenters. The third-order valence-corrected chi connectivity index (χ3v) is 5.17. The summed E-state index contributed by atoms with van der Waals surface area (Å²) < 4.78 is 1.70. The van der Waals surface area contributed by atoms with Gasteiger partial charge in [0.2, 0.25) is 5.95 Å². The number of ketones is 1. The van der Waals surface area contributed by atoms with Crippen LogP contribution < -0.4 is 5.32 Å². The molecule has 6 nitrogen and oxygen atoms in total. The van der Waals surface area contributed by atoms with E-state index in [0.29, 0.717) is 12.4 Å². The Kier molecular flexibility index (Phi) is 3.41. The van der Waals surface area contributed by atoms with Crippen LogP contribution in [0.3, 0.4) is 0 Å². The smallest absolute Gasteiger partial charge is 0.248 e. The van der Waals surface area contributed by atoms with Gasteiger partial charge in [0.25, 0.3) is 0 Å². The largest absolute Gasteiger partial charge is 0.326 e. The molecule has 128 valence electrons. The molecule has 6 heteroatoms. The van der Waals surface area contributed by atoms with Gasteiger partial charge < -0.3 is 5.32 Å². The molecule has 2 atom stereocenters. The number of carbonyl (C=O) groups is 1. The Morgan fingerprint density at radius 3 is 2.35 bits per heavy atom. The number of carbonyl (C=O) groups excluding carboxylic acids is 1. The number of rotatable bonds is 2. The lowest BCUT2D eigenvalue weighted by Crippen LogP contribution is -2.33. The van der Waals surface area contributed by atoms with E-state index in [0.717, 1.165) is 23.3 Å². The van der Waals surface area contributed by atoms with Crippen molar-refractivity contribution in [3.63, 3.8) is 0 Å². The van der Waals surface area contributed by atoms with E-state index in [1.54, 1.807) is 4.68 Å². The lowest BCUT2D eigenvalue weighted by Gasteiger charge is -2.34. The summed E-state index contributed by atoms with van der Waals surface area (Å²) in [4.78, 5) is 13.1. The van der Waals surface area contributed by atoms with Gasteiger partial charge in [0.05, 0.1) is 0 Å². The molecule has 1 N–H and O–H groups in total. The van der Waals surface area contributed by atoms with Crippen LogP contribution in [0.2, 0.25) is 0 Å². The van der Waals surface area contributed by atoms with Crippen molar-refractivity contribution in [2.24, 2.45) is 0 Å². The number of hydrogen-bond acceptors (Lipinski definition) is 5. The zero-order valence-corrected chi connectivity index (χ0v) is 14.0. The maximum absolute atomic E-state index is 13.1. The molecule has 0 saturated carbocycles. The molecule has 0 fully saturated rings. The number of fused-ring (bicyclic) bond motifs is 1. The fourth-order valence-electron chi connectivity index (χ4n) is 3.98. The number of hydrogen-bond donors (Lipinski definition) is 1. The Balaban J connectivity index is 1.61. The normalized spacial score (nSPS) is 21.8. The van der Waals surface area contributed by atoms with Crippen molar-refractivity contribution in [1.29, 1.82) is 0 Å². The van der Waals surface area contributed by atoms with Gasteiger partial charge in [0, 0.05) is 17.7 Å². The van der Waals surface area contributed by atoms with Crippen molar-refractivity contribution in [2.45, 2.75) is 24.8 Å². The highest BCUT2D eigenvalue weighted by atomic mass is 16.1. The first-order valence-corrected chi connectivity index (χ1v) is 8.72. The van der Waals surface area contributed by atoms with E-state index in [9.17, 15) is 4.79 Å². The number of allylic oxidation sites excluding steroid dienone is 2. The van der Waals surface area contributed by atoms with Gasteiger partial charge in [-0.15, -0.1) is 0 Å². The lowest BCUT2D eigenvalue weighted by molar-refractivity contribution is -0.116. The van der Waals surface area contributed by atoms with Crippen LogP contribution in [0.4, 0.5) is 5.95 Å². The van der Waals surface area contributed by atoms with Crippen molar-refractivity contribution < 1.29 is 4.79 Å². The molecule has 0 spiro atoms. The number of anilines is 1. The molecule has 0 amide bonds. The van der Waals surface area contributed by atoms with Gasteiger partial charge in [0.1, 0.15) is 6.04 Å². The molecule has 1 aliphatic heterocycles. The van der Waals surface area contributed by atoms with Gasteiger partial charge in [-0.25, -0.2) is 0 Å². The first-order valence-electron chi connectivity index (χ1n) is 8.72. The van der Waals surface area contributed by atoms with Crippen LogP contribution in [-0.4, -0.2) is 26.0 Å². The number of nitrogens with one attached hydrogen (secondary N) is 1. The highest BCUT2D eigenvalue weighted by molar-refractivity contribution is 6.00. The summed E-state index contributed by atoms with van der Waals surface area (Å²) in [6, 6.07) is 19.9. The summed E-state index contributed by atoms with van der Waals surface area (Å²) in [5.41, 5.74) is 3.92. The Hall–Kier alpha value is -3.28. The van der Waals surface area contributed by atoms with E-state index in [4.69, 9.17) is 0 Å². The van der Waals surface area contributed by atoms with Crippen LogP contribution in [0.25, 0.3) is 0 Å². The van der Waals surface area contributed by atoms with Gasteiger partial charge in [-0.1, -0.05) is 65.8 Å². The monoisotopic (exact) mass is 343 g/mol. The molecular formula is C20H17N5O. The Morgan fingerprint density at radius 1 is 0.923 bits per heavy atom. The van der Waals surface area contributed by atoms with Crippen molar-refractivity contribution in [1.82, 2.24) is 20.2 Å². The van der Waals surface area contributed by atoms with E-state index >= 15 is 0 Å². The average Bonchev–Trinajstić information content (AvgIpc) is 3.15. The molecule has 2 heterocycles. The van der Waals surface area contributed by atoms with Gasteiger partial charge in [-0.2, -0.15) is 4.68 Å². The number of Topliss-reactive ketones (excluding diaryl/α,β-unsaturated/α-hetero) is 1. The highest BCUT2D eigenvalue weighted by Crippen LogP contribution is 2.43. The lowest BCUT2D eigenvalue weighted by atomic mass is 9.78. The maximum Gasteiger partial charge on any atom is 0.248 e. The highest BCUT2D eigenvalue weighted by Gasteiger charge is 2.39. The van der Waals surface area contributed by atoms with Crippen LogP contribution in [-0.2, 0) is 4.79 Å². The quantitative estimate of drug-likeness (QED) is 0.774. The summed E-state index contributed by atoms with van der Waals surface area (Å²) in [7, 11) is 0. The second-order valence-electron chi connectivity index (χ2n) is 6.72. The molecule has 1 aromatic heterocycles. The maximum atomic E-state index is 13.1. The van der Waals surface area contributed by atoms with E-state index in [2.05, 4.69) is 33.0 Å². The van der Waals surface area contributed by atoms with Gasteiger partial charge in [-0.3, -0.25) is 4.79 Å². The molecule has 5 rings (SSSR count). The molecular weight excluding hydrogens is 326 g/mol. The summed E-state index contributed by atoms with van der Waals surface area (Å²) in [6.45, 7) is 0. The fraction of sp³-hybridized carbons (Fsp3) is 0.200. The van der Waals surface area contributed by atoms with E-state index in [1.807, 2.05) is 48.5 Å². The second-order valence-corrected chi connectivity index (χ2v) is 6.72. The molecule has 2 aliphatic rings. The Labute approximate surface area is 150 Å². The third-order valence-electron chi connectivity index (χ3n) is 5.17. The zero-order chi connectivity index (χ0) is 17.5. The summed E-state index contributed by atoms with van der Waals surface area (Å²) in [6.07, 6.45) is 1.28. The Morgan fingerprint density at radius 2 is 1.62 bits per heavy atom. The van der Waals surface area contributed by atoms with Crippen molar-refractivity contribution in [3.05, 3.63) is 83.1 Å². The first-order chi connectivity index (χ1) is 12.8. The SMILES string of the molecule is O=C1C[C@@H](c2ccccc2)CC2=C1[C@H](c1ccccc1)n1nnnc1N2. The minimum atomic E-state index is -0.276. The van der Waals surface area contributed by atoms with E-state index in [1.165, 1.54) is 5.56 Å². The summed E-state index contributed by atoms with van der Waals surface area (Å²) in [5.74, 6) is 0.913. The average molecular weight is 343 g/mol. The molecule has 1 aliphatic carbocycles. The Bertz CT molecular complexity index is 993. The van der Waals surface area contributed by atoms with Crippen LogP contribution in [0.5, 0.6) is 0 Å². The number of aromatic nitrogens is 4. The number of benzene rings is 2. The molecule has 0 bridgehead atoms. The number of tetrazole rings is 1. The minimum absolute atomic E-state index is 0.155. The molecule has 3 aromatic rings. The first kappa shape index (κ1) is 15.0. The van der Waals surface area contributed by atoms with Crippen LogP contribution in [0.1, 0.15) is 35.9 Å². The van der Waals surface area contributed by atoms with Crippen molar-refractivity contribution in [3.8, 4) is 0 Å². The predicted molar refractivity (Wildman–Crippen MR) is 96.5 cm³/mol. The standard InChI is InChI=1S/C20H17N5O/c26-17-12-15(13-7-3-1-4-8-13)11-16-18(17)19(14-9-5-2-6-10-14)25-20(21-16)22-23-24-25/h1-10,15,19H,11-12H2,(H,21,22,24)/t15-,19-/m0/s1. The second kappa shape index (κ2) is 5.91. The third kappa shape index (κ3) is 2.34. The van der Waals surface area contributed by atoms with Gasteiger partial charge >= 0.3 is 0 Å².